The van der Waals surface area contributed by atoms with Crippen molar-refractivity contribution >= 4 is 22.9 Å². The van der Waals surface area contributed by atoms with E-state index in [0.717, 1.165) is 26.9 Å². The highest BCUT2D eigenvalue weighted by atomic mass is 35.5. The van der Waals surface area contributed by atoms with E-state index in [1.807, 2.05) is 37.4 Å². The molecule has 0 saturated heterocycles. The fourth-order valence-corrected chi connectivity index (χ4v) is 3.00. The van der Waals surface area contributed by atoms with Gasteiger partial charge in [-0.3, -0.25) is 0 Å². The van der Waals surface area contributed by atoms with Crippen LogP contribution in [0, 0.1) is 13.8 Å². The molecule has 0 aliphatic heterocycles. The molecule has 0 saturated carbocycles. The monoisotopic (exact) mass is 281 g/mol. The van der Waals surface area contributed by atoms with Crippen LogP contribution in [-0.2, 0) is 12.8 Å². The zero-order valence-electron chi connectivity index (χ0n) is 10.5. The molecule has 1 aromatic carbocycles. The summed E-state index contributed by atoms with van der Waals surface area (Å²) in [4.78, 5) is 4.35. The highest BCUT2D eigenvalue weighted by Gasteiger charge is 2.11. The normalized spacial score (nSPS) is 12.7. The maximum absolute atomic E-state index is 10.1. The Hall–Kier alpha value is -0.900. The van der Waals surface area contributed by atoms with Crippen LogP contribution in [0.2, 0.25) is 5.02 Å². The summed E-state index contributed by atoms with van der Waals surface area (Å²) < 4.78 is 0. The van der Waals surface area contributed by atoms with Gasteiger partial charge in [-0.1, -0.05) is 23.7 Å². The molecule has 0 radical (unpaired) electrons. The maximum atomic E-state index is 10.1. The van der Waals surface area contributed by atoms with Crippen molar-refractivity contribution in [3.05, 3.63) is 50.4 Å². The standard InChI is InChI=1S/C14H16ClNOS/c1-9-3-4-11(13(15)5-9)6-12(17)7-14-16-10(2)8-18-14/h3-5,8,12,17H,6-7H2,1-2H3. The molecule has 1 heterocycles. The molecular weight excluding hydrogens is 266 g/mol. The summed E-state index contributed by atoms with van der Waals surface area (Å²) in [5, 5.41) is 13.8. The number of aromatic nitrogens is 1. The van der Waals surface area contributed by atoms with Crippen LogP contribution in [0.3, 0.4) is 0 Å². The topological polar surface area (TPSA) is 33.1 Å². The van der Waals surface area contributed by atoms with E-state index in [0.29, 0.717) is 12.8 Å². The molecule has 1 aromatic heterocycles. The van der Waals surface area contributed by atoms with E-state index in [-0.39, 0.29) is 0 Å². The van der Waals surface area contributed by atoms with Crippen LogP contribution in [-0.4, -0.2) is 16.2 Å². The second-order valence-electron chi connectivity index (χ2n) is 4.54. The second kappa shape index (κ2) is 5.83. The molecule has 0 aliphatic carbocycles. The van der Waals surface area contributed by atoms with E-state index in [9.17, 15) is 5.11 Å². The van der Waals surface area contributed by atoms with E-state index >= 15 is 0 Å². The molecular formula is C14H16ClNOS. The summed E-state index contributed by atoms with van der Waals surface area (Å²) in [6, 6.07) is 5.92. The lowest BCUT2D eigenvalue weighted by atomic mass is 10.0. The number of halogens is 1. The van der Waals surface area contributed by atoms with Gasteiger partial charge in [0.1, 0.15) is 0 Å². The van der Waals surface area contributed by atoms with Gasteiger partial charge in [0, 0.05) is 28.9 Å². The van der Waals surface area contributed by atoms with Gasteiger partial charge < -0.3 is 5.11 Å². The Morgan fingerprint density at radius 2 is 2.11 bits per heavy atom. The highest BCUT2D eigenvalue weighted by molar-refractivity contribution is 7.09. The van der Waals surface area contributed by atoms with Gasteiger partial charge in [0.25, 0.3) is 0 Å². The number of rotatable bonds is 4. The number of benzene rings is 1. The zero-order chi connectivity index (χ0) is 13.1. The third kappa shape index (κ3) is 3.55. The van der Waals surface area contributed by atoms with E-state index in [1.165, 1.54) is 0 Å². The minimum Gasteiger partial charge on any atom is -0.392 e. The average molecular weight is 282 g/mol. The van der Waals surface area contributed by atoms with Crippen LogP contribution < -0.4 is 0 Å². The molecule has 2 aromatic rings. The lowest BCUT2D eigenvalue weighted by Gasteiger charge is -2.10. The first-order chi connectivity index (χ1) is 8.54. The van der Waals surface area contributed by atoms with Gasteiger partial charge in [-0.25, -0.2) is 4.98 Å². The Morgan fingerprint density at radius 3 is 2.72 bits per heavy atom. The Morgan fingerprint density at radius 1 is 1.33 bits per heavy atom. The largest absolute Gasteiger partial charge is 0.392 e. The molecule has 2 rings (SSSR count). The van der Waals surface area contributed by atoms with Gasteiger partial charge in [0.15, 0.2) is 0 Å². The molecule has 2 nitrogen and oxygen atoms in total. The molecule has 0 fully saturated rings. The minimum atomic E-state index is -0.434. The number of aliphatic hydroxyl groups excluding tert-OH is 1. The lowest BCUT2D eigenvalue weighted by Crippen LogP contribution is -2.14. The zero-order valence-corrected chi connectivity index (χ0v) is 12.1. The molecule has 96 valence electrons. The summed E-state index contributed by atoms with van der Waals surface area (Å²) in [6.45, 7) is 3.97. The molecule has 0 bridgehead atoms. The van der Waals surface area contributed by atoms with Gasteiger partial charge >= 0.3 is 0 Å². The predicted molar refractivity (Wildman–Crippen MR) is 76.5 cm³/mol. The van der Waals surface area contributed by atoms with Crippen molar-refractivity contribution in [1.29, 1.82) is 0 Å². The van der Waals surface area contributed by atoms with Crippen molar-refractivity contribution in [1.82, 2.24) is 4.98 Å². The highest BCUT2D eigenvalue weighted by Crippen LogP contribution is 2.20. The molecule has 0 spiro atoms. The number of thiazole rings is 1. The summed E-state index contributed by atoms with van der Waals surface area (Å²) in [7, 11) is 0. The Balaban J connectivity index is 2.00. The quantitative estimate of drug-likeness (QED) is 0.929. The fourth-order valence-electron chi connectivity index (χ4n) is 1.84. The van der Waals surface area contributed by atoms with Crippen molar-refractivity contribution in [2.75, 3.05) is 0 Å². The van der Waals surface area contributed by atoms with Crippen LogP contribution in [0.5, 0.6) is 0 Å². The maximum Gasteiger partial charge on any atom is 0.0954 e. The first-order valence-electron chi connectivity index (χ1n) is 5.88. The summed E-state index contributed by atoms with van der Waals surface area (Å²) >= 11 is 7.75. The van der Waals surface area contributed by atoms with Crippen LogP contribution in [0.25, 0.3) is 0 Å². The van der Waals surface area contributed by atoms with Crippen molar-refractivity contribution in [3.63, 3.8) is 0 Å². The van der Waals surface area contributed by atoms with E-state index in [4.69, 9.17) is 11.6 Å². The predicted octanol–water partition coefficient (Wildman–Crippen LogP) is 3.56. The summed E-state index contributed by atoms with van der Waals surface area (Å²) in [6.07, 6.45) is 0.719. The third-order valence-corrected chi connectivity index (χ3v) is 4.08. The van der Waals surface area contributed by atoms with Gasteiger partial charge in [0.05, 0.1) is 11.1 Å². The van der Waals surface area contributed by atoms with Crippen LogP contribution in [0.4, 0.5) is 0 Å². The molecule has 18 heavy (non-hydrogen) atoms. The van der Waals surface area contributed by atoms with Crippen molar-refractivity contribution in [2.24, 2.45) is 0 Å². The molecule has 4 heteroatoms. The van der Waals surface area contributed by atoms with Gasteiger partial charge in [-0.05, 0) is 31.0 Å². The van der Waals surface area contributed by atoms with Gasteiger partial charge in [-0.15, -0.1) is 11.3 Å². The van der Waals surface area contributed by atoms with E-state index in [2.05, 4.69) is 4.98 Å². The number of hydrogen-bond acceptors (Lipinski definition) is 3. The molecule has 1 N–H and O–H groups in total. The summed E-state index contributed by atoms with van der Waals surface area (Å²) in [5.41, 5.74) is 3.13. The third-order valence-electron chi connectivity index (χ3n) is 2.74. The Kier molecular flexibility index (Phi) is 4.38. The van der Waals surface area contributed by atoms with Crippen molar-refractivity contribution in [3.8, 4) is 0 Å². The van der Waals surface area contributed by atoms with Crippen LogP contribution in [0.1, 0.15) is 21.8 Å². The number of aryl methyl sites for hydroxylation is 2. The number of nitrogens with zero attached hydrogens (tertiary/aromatic N) is 1. The van der Waals surface area contributed by atoms with Gasteiger partial charge in [-0.2, -0.15) is 0 Å². The average Bonchev–Trinajstić information content (AvgIpc) is 2.68. The first-order valence-corrected chi connectivity index (χ1v) is 7.14. The first kappa shape index (κ1) is 13.5. The molecule has 1 unspecified atom stereocenters. The van der Waals surface area contributed by atoms with Crippen LogP contribution >= 0.6 is 22.9 Å². The van der Waals surface area contributed by atoms with Gasteiger partial charge in [0.2, 0.25) is 0 Å². The fraction of sp³-hybridized carbons (Fsp3) is 0.357. The molecule has 0 aliphatic rings. The lowest BCUT2D eigenvalue weighted by molar-refractivity contribution is 0.175. The Bertz CT molecular complexity index is 538. The SMILES string of the molecule is Cc1ccc(CC(O)Cc2nc(C)cs2)c(Cl)c1. The van der Waals surface area contributed by atoms with E-state index in [1.54, 1.807) is 11.3 Å². The molecule has 1 atom stereocenters. The minimum absolute atomic E-state index is 0.434. The Labute approximate surface area is 116 Å². The molecule has 0 amide bonds. The number of aliphatic hydroxyl groups is 1. The summed E-state index contributed by atoms with van der Waals surface area (Å²) in [5.74, 6) is 0. The van der Waals surface area contributed by atoms with Crippen molar-refractivity contribution < 1.29 is 5.11 Å². The number of hydrogen-bond donors (Lipinski definition) is 1. The van der Waals surface area contributed by atoms with Crippen LogP contribution in [0.15, 0.2) is 23.6 Å². The van der Waals surface area contributed by atoms with Crippen molar-refractivity contribution in [2.45, 2.75) is 32.8 Å². The smallest absolute Gasteiger partial charge is 0.0954 e. The second-order valence-corrected chi connectivity index (χ2v) is 5.89. The van der Waals surface area contributed by atoms with E-state index < -0.39 is 6.10 Å².